The minimum atomic E-state index is -0.808. The number of aryl methyl sites for hydroxylation is 1. The van der Waals surface area contributed by atoms with Crippen LogP contribution in [0, 0.1) is 17.8 Å². The summed E-state index contributed by atoms with van der Waals surface area (Å²) in [7, 11) is 3.22. The van der Waals surface area contributed by atoms with Crippen molar-refractivity contribution in [1.82, 2.24) is 5.32 Å². The Kier molecular flexibility index (Phi) is 5.39. The molecule has 3 rings (SSSR count). The van der Waals surface area contributed by atoms with Gasteiger partial charge in [0.2, 0.25) is 5.91 Å². The Bertz CT molecular complexity index is 702. The summed E-state index contributed by atoms with van der Waals surface area (Å²) in [4.78, 5) is 24.2. The van der Waals surface area contributed by atoms with Gasteiger partial charge < -0.3 is 19.9 Å². The van der Waals surface area contributed by atoms with Gasteiger partial charge in [0.1, 0.15) is 0 Å². The molecule has 1 amide bonds. The highest BCUT2D eigenvalue weighted by molar-refractivity contribution is 5.78. The summed E-state index contributed by atoms with van der Waals surface area (Å²) in [6.07, 6.45) is 2.66. The molecule has 6 heteroatoms. The van der Waals surface area contributed by atoms with E-state index in [9.17, 15) is 14.7 Å². The van der Waals surface area contributed by atoms with Crippen molar-refractivity contribution < 1.29 is 24.2 Å². The van der Waals surface area contributed by atoms with Gasteiger partial charge in [-0.25, -0.2) is 0 Å². The van der Waals surface area contributed by atoms with E-state index in [4.69, 9.17) is 9.47 Å². The number of hydrogen-bond acceptors (Lipinski definition) is 4. The molecule has 0 radical (unpaired) electrons. The van der Waals surface area contributed by atoms with Crippen molar-refractivity contribution in [2.45, 2.75) is 38.5 Å². The number of nitrogens with one attached hydrogen (secondary N) is 1. The van der Waals surface area contributed by atoms with E-state index in [1.165, 1.54) is 0 Å². The first kappa shape index (κ1) is 18.5. The lowest BCUT2D eigenvalue weighted by Gasteiger charge is -2.27. The molecule has 1 saturated carbocycles. The number of carboxylic acid groups (broad SMARTS) is 1. The number of hydrogen-bond donors (Lipinski definition) is 2. The Labute approximate surface area is 153 Å². The van der Waals surface area contributed by atoms with E-state index in [2.05, 4.69) is 5.32 Å². The second-order valence-electron chi connectivity index (χ2n) is 7.41. The van der Waals surface area contributed by atoms with Crippen molar-refractivity contribution in [1.29, 1.82) is 0 Å². The SMILES string of the molecule is COc1cc2c(cc1OC)[C@H]1C[C@H](C)[C@@H](C(=O)O)[C@@H]1CC(=O)NCCC2. The maximum atomic E-state index is 12.3. The van der Waals surface area contributed by atoms with Crippen LogP contribution in [0.5, 0.6) is 11.5 Å². The zero-order valence-corrected chi connectivity index (χ0v) is 15.6. The van der Waals surface area contributed by atoms with E-state index in [-0.39, 0.29) is 30.1 Å². The Morgan fingerprint density at radius 1 is 1.23 bits per heavy atom. The summed E-state index contributed by atoms with van der Waals surface area (Å²) in [5.41, 5.74) is 2.27. The highest BCUT2D eigenvalue weighted by atomic mass is 16.5. The minimum absolute atomic E-state index is 0.0250. The fourth-order valence-electron chi connectivity index (χ4n) is 4.74. The number of benzene rings is 1. The van der Waals surface area contributed by atoms with Crippen molar-refractivity contribution in [2.24, 2.45) is 17.8 Å². The largest absolute Gasteiger partial charge is 0.493 e. The number of amides is 1. The Balaban J connectivity index is 2.11. The smallest absolute Gasteiger partial charge is 0.307 e. The van der Waals surface area contributed by atoms with E-state index in [0.717, 1.165) is 30.4 Å². The molecule has 4 atom stereocenters. The molecule has 0 bridgehead atoms. The van der Waals surface area contributed by atoms with Gasteiger partial charge in [-0.1, -0.05) is 6.92 Å². The fourth-order valence-corrected chi connectivity index (χ4v) is 4.74. The van der Waals surface area contributed by atoms with Gasteiger partial charge in [-0.2, -0.15) is 0 Å². The van der Waals surface area contributed by atoms with Crippen molar-refractivity contribution in [3.05, 3.63) is 23.3 Å². The average Bonchev–Trinajstić information content (AvgIpc) is 2.93. The number of carboxylic acids is 1. The molecule has 2 N–H and O–H groups in total. The molecule has 142 valence electrons. The molecule has 1 aliphatic carbocycles. The summed E-state index contributed by atoms with van der Waals surface area (Å²) in [6.45, 7) is 2.57. The number of aliphatic carboxylic acids is 1. The van der Waals surface area contributed by atoms with Crippen LogP contribution in [-0.2, 0) is 16.0 Å². The first-order chi connectivity index (χ1) is 12.5. The maximum absolute atomic E-state index is 12.3. The van der Waals surface area contributed by atoms with Crippen molar-refractivity contribution in [3.8, 4) is 11.5 Å². The molecule has 26 heavy (non-hydrogen) atoms. The molecule has 1 aromatic carbocycles. The number of ether oxygens (including phenoxy) is 2. The molecule has 1 aromatic rings. The molecule has 1 heterocycles. The minimum Gasteiger partial charge on any atom is -0.493 e. The van der Waals surface area contributed by atoms with Gasteiger partial charge in [0.05, 0.1) is 20.1 Å². The first-order valence-electron chi connectivity index (χ1n) is 9.20. The Hall–Kier alpha value is -2.24. The Morgan fingerprint density at radius 2 is 1.92 bits per heavy atom. The van der Waals surface area contributed by atoms with Crippen LogP contribution in [0.2, 0.25) is 0 Å². The highest BCUT2D eigenvalue weighted by Crippen LogP contribution is 2.51. The number of carbonyl (C=O) groups excluding carboxylic acids is 1. The van der Waals surface area contributed by atoms with Gasteiger partial charge in [0.25, 0.3) is 0 Å². The van der Waals surface area contributed by atoms with Crippen LogP contribution >= 0.6 is 0 Å². The standard InChI is InChI=1S/C20H27NO5/c1-11-7-14-13-9-17(26-3)16(25-2)8-12(13)5-4-6-21-18(22)10-15(14)19(11)20(23)24/h8-9,11,14-15,19H,4-7,10H2,1-3H3,(H,21,22)(H,23,24)/t11-,14+,15+,19+/m0/s1. The van der Waals surface area contributed by atoms with Crippen molar-refractivity contribution >= 4 is 11.9 Å². The van der Waals surface area contributed by atoms with Gasteiger partial charge in [-0.05, 0) is 60.3 Å². The van der Waals surface area contributed by atoms with Gasteiger partial charge in [0.15, 0.2) is 11.5 Å². The third-order valence-electron chi connectivity index (χ3n) is 5.91. The molecule has 0 spiro atoms. The third-order valence-corrected chi connectivity index (χ3v) is 5.91. The normalized spacial score (nSPS) is 28.5. The third kappa shape index (κ3) is 3.37. The summed E-state index contributed by atoms with van der Waals surface area (Å²) >= 11 is 0. The molecular formula is C20H27NO5. The lowest BCUT2D eigenvalue weighted by atomic mass is 9.79. The van der Waals surface area contributed by atoms with Gasteiger partial charge in [-0.15, -0.1) is 0 Å². The van der Waals surface area contributed by atoms with Crippen molar-refractivity contribution in [3.63, 3.8) is 0 Å². The van der Waals surface area contributed by atoms with E-state index in [1.807, 2.05) is 19.1 Å². The predicted molar refractivity (Wildman–Crippen MR) is 96.6 cm³/mol. The molecule has 1 aliphatic heterocycles. The molecule has 6 nitrogen and oxygen atoms in total. The van der Waals surface area contributed by atoms with Crippen LogP contribution in [0.1, 0.15) is 43.2 Å². The molecule has 1 fully saturated rings. The van der Waals surface area contributed by atoms with E-state index in [0.29, 0.717) is 18.0 Å². The van der Waals surface area contributed by atoms with Crippen LogP contribution in [0.25, 0.3) is 0 Å². The van der Waals surface area contributed by atoms with Gasteiger partial charge >= 0.3 is 5.97 Å². The average molecular weight is 361 g/mol. The second kappa shape index (κ2) is 7.56. The molecular weight excluding hydrogens is 334 g/mol. The quantitative estimate of drug-likeness (QED) is 0.864. The summed E-state index contributed by atoms with van der Waals surface area (Å²) in [6, 6.07) is 4.00. The predicted octanol–water partition coefficient (Wildman–Crippen LogP) is 2.60. The number of methoxy groups -OCH3 is 2. The lowest BCUT2D eigenvalue weighted by molar-refractivity contribution is -0.144. The van der Waals surface area contributed by atoms with Gasteiger partial charge in [0, 0.05) is 13.0 Å². The zero-order chi connectivity index (χ0) is 18.8. The molecule has 0 saturated heterocycles. The molecule has 2 aliphatic rings. The topological polar surface area (TPSA) is 84.9 Å². The Morgan fingerprint density at radius 3 is 2.58 bits per heavy atom. The molecule has 0 aromatic heterocycles. The van der Waals surface area contributed by atoms with Crippen LogP contribution in [0.4, 0.5) is 0 Å². The van der Waals surface area contributed by atoms with Gasteiger partial charge in [-0.3, -0.25) is 9.59 Å². The maximum Gasteiger partial charge on any atom is 0.307 e. The number of carbonyl (C=O) groups is 2. The van der Waals surface area contributed by atoms with Crippen molar-refractivity contribution in [2.75, 3.05) is 20.8 Å². The van der Waals surface area contributed by atoms with Crippen LogP contribution < -0.4 is 14.8 Å². The zero-order valence-electron chi connectivity index (χ0n) is 15.6. The summed E-state index contributed by atoms with van der Waals surface area (Å²) < 4.78 is 10.9. The van der Waals surface area contributed by atoms with E-state index >= 15 is 0 Å². The number of fused-ring (bicyclic) bond motifs is 3. The van der Waals surface area contributed by atoms with E-state index < -0.39 is 11.9 Å². The lowest BCUT2D eigenvalue weighted by Crippen LogP contribution is -2.33. The first-order valence-corrected chi connectivity index (χ1v) is 9.20. The highest BCUT2D eigenvalue weighted by Gasteiger charge is 2.47. The van der Waals surface area contributed by atoms with Crippen LogP contribution in [-0.4, -0.2) is 37.7 Å². The van der Waals surface area contributed by atoms with E-state index in [1.54, 1.807) is 14.2 Å². The summed E-state index contributed by atoms with van der Waals surface area (Å²) in [5.74, 6) is -0.186. The van der Waals surface area contributed by atoms with Crippen LogP contribution in [0.3, 0.4) is 0 Å². The number of rotatable bonds is 3. The second-order valence-corrected chi connectivity index (χ2v) is 7.41. The van der Waals surface area contributed by atoms with Crippen LogP contribution in [0.15, 0.2) is 12.1 Å². The summed E-state index contributed by atoms with van der Waals surface area (Å²) in [5, 5.41) is 12.7. The monoisotopic (exact) mass is 361 g/mol. The fraction of sp³-hybridized carbons (Fsp3) is 0.600. The molecule has 0 unspecified atom stereocenters.